The highest BCUT2D eigenvalue weighted by molar-refractivity contribution is 6.14. The Labute approximate surface area is 155 Å². The molecule has 0 bridgehead atoms. The lowest BCUT2D eigenvalue weighted by Crippen LogP contribution is -3.19. The van der Waals surface area contributed by atoms with E-state index in [0.717, 1.165) is 17.7 Å². The highest BCUT2D eigenvalue weighted by Gasteiger charge is 2.78. The maximum absolute atomic E-state index is 14.1. The van der Waals surface area contributed by atoms with Crippen LogP contribution in [0.15, 0.2) is 18.2 Å². The number of hydrogen-bond acceptors (Lipinski definition) is 4. The number of imide groups is 1. The molecule has 5 rings (SSSR count). The Kier molecular flexibility index (Phi) is 3.48. The van der Waals surface area contributed by atoms with Crippen LogP contribution in [0.5, 0.6) is 0 Å². The van der Waals surface area contributed by atoms with Crippen LogP contribution >= 0.6 is 0 Å². The summed E-state index contributed by atoms with van der Waals surface area (Å²) in [6, 6.07) is 4.10. The summed E-state index contributed by atoms with van der Waals surface area (Å²) in [4.78, 5) is 41.8. The van der Waals surface area contributed by atoms with E-state index in [1.54, 1.807) is 6.07 Å². The Bertz CT molecular complexity index is 875. The number of nitrogens with one attached hydrogen (secondary N) is 2. The zero-order valence-electron chi connectivity index (χ0n) is 15.0. The second kappa shape index (κ2) is 5.59. The summed E-state index contributed by atoms with van der Waals surface area (Å²) in [7, 11) is 1.51. The SMILES string of the molecule is COCCN1C(=O)[C@@H]2[C@H]3CCC[NH+]3[C@@]3(C(=O)Nc4ccc(F)cc43)[C@@H]2C1=O. The van der Waals surface area contributed by atoms with E-state index in [1.807, 2.05) is 0 Å². The molecule has 0 aromatic heterocycles. The van der Waals surface area contributed by atoms with Gasteiger partial charge in [-0.15, -0.1) is 0 Å². The van der Waals surface area contributed by atoms with Crippen LogP contribution in [-0.2, 0) is 24.7 Å². The van der Waals surface area contributed by atoms with E-state index in [9.17, 15) is 18.8 Å². The number of likely N-dealkylation sites (tertiary alicyclic amines) is 1. The van der Waals surface area contributed by atoms with Crippen molar-refractivity contribution in [3.63, 3.8) is 0 Å². The van der Waals surface area contributed by atoms with Crippen LogP contribution < -0.4 is 10.2 Å². The number of amides is 3. The van der Waals surface area contributed by atoms with Crippen LogP contribution in [-0.4, -0.2) is 55.5 Å². The third-order valence-corrected chi connectivity index (χ3v) is 6.79. The summed E-state index contributed by atoms with van der Waals surface area (Å²) < 4.78 is 19.1. The zero-order valence-corrected chi connectivity index (χ0v) is 15.0. The average molecular weight is 374 g/mol. The van der Waals surface area contributed by atoms with Crippen LogP contribution in [0.2, 0.25) is 0 Å². The molecule has 27 heavy (non-hydrogen) atoms. The van der Waals surface area contributed by atoms with Crippen molar-refractivity contribution in [2.24, 2.45) is 11.8 Å². The predicted molar refractivity (Wildman–Crippen MR) is 91.1 cm³/mol. The van der Waals surface area contributed by atoms with E-state index in [1.165, 1.54) is 24.1 Å². The molecule has 1 unspecified atom stereocenters. The third-order valence-electron chi connectivity index (χ3n) is 6.79. The largest absolute Gasteiger partial charge is 0.383 e. The van der Waals surface area contributed by atoms with Gasteiger partial charge in [0.25, 0.3) is 5.91 Å². The maximum atomic E-state index is 14.1. The molecule has 0 aliphatic carbocycles. The molecule has 3 fully saturated rings. The fourth-order valence-electron chi connectivity index (χ4n) is 5.89. The quantitative estimate of drug-likeness (QED) is 0.685. The van der Waals surface area contributed by atoms with E-state index >= 15 is 0 Å². The Hall–Kier alpha value is -2.32. The minimum Gasteiger partial charge on any atom is -0.383 e. The first-order valence-electron chi connectivity index (χ1n) is 9.33. The number of anilines is 1. The summed E-state index contributed by atoms with van der Waals surface area (Å²) in [6.07, 6.45) is 1.66. The van der Waals surface area contributed by atoms with E-state index in [0.29, 0.717) is 17.8 Å². The minimum atomic E-state index is -1.22. The smallest absolute Gasteiger partial charge is 0.291 e. The van der Waals surface area contributed by atoms with Gasteiger partial charge in [0.2, 0.25) is 17.4 Å². The molecule has 4 heterocycles. The van der Waals surface area contributed by atoms with Crippen LogP contribution in [0, 0.1) is 17.7 Å². The number of quaternary nitrogens is 1. The lowest BCUT2D eigenvalue weighted by Gasteiger charge is -2.33. The summed E-state index contributed by atoms with van der Waals surface area (Å²) >= 11 is 0. The van der Waals surface area contributed by atoms with Crippen LogP contribution in [0.3, 0.4) is 0 Å². The zero-order chi connectivity index (χ0) is 18.9. The van der Waals surface area contributed by atoms with Gasteiger partial charge in [0, 0.05) is 25.5 Å². The molecule has 4 aliphatic heterocycles. The van der Waals surface area contributed by atoms with Crippen molar-refractivity contribution < 1.29 is 28.4 Å². The number of halogens is 1. The summed E-state index contributed by atoms with van der Waals surface area (Å²) in [5.74, 6) is -2.63. The monoisotopic (exact) mass is 374 g/mol. The van der Waals surface area contributed by atoms with Crippen molar-refractivity contribution in [3.05, 3.63) is 29.6 Å². The lowest BCUT2D eigenvalue weighted by atomic mass is 9.75. The molecular formula is C19H21FN3O4+. The standard InChI is InChI=1S/C19H20FN3O4/c1-27-8-7-22-16(24)14-13-3-2-6-23(13)19(15(14)17(22)25)11-9-10(20)4-5-12(11)21-18(19)26/h4-5,9,13-15H,2-3,6-8H2,1H3,(H,21,26)/p+1/t13-,14-,15+,19-/m1/s1. The minimum absolute atomic E-state index is 0.0982. The Morgan fingerprint density at radius 3 is 2.93 bits per heavy atom. The van der Waals surface area contributed by atoms with E-state index in [-0.39, 0.29) is 36.9 Å². The molecule has 5 atom stereocenters. The molecule has 0 radical (unpaired) electrons. The summed E-state index contributed by atoms with van der Waals surface area (Å²) in [5, 5.41) is 2.84. The number of carbonyl (C=O) groups is 3. The van der Waals surface area contributed by atoms with Gasteiger partial charge in [-0.25, -0.2) is 4.39 Å². The first-order valence-corrected chi connectivity index (χ1v) is 9.33. The van der Waals surface area contributed by atoms with E-state index in [2.05, 4.69) is 5.32 Å². The average Bonchev–Trinajstić information content (AvgIpc) is 3.33. The number of hydrogen-bond donors (Lipinski definition) is 2. The fraction of sp³-hybridized carbons (Fsp3) is 0.526. The van der Waals surface area contributed by atoms with Crippen molar-refractivity contribution in [1.29, 1.82) is 0 Å². The normalized spacial score (nSPS) is 36.4. The maximum Gasteiger partial charge on any atom is 0.291 e. The molecule has 2 N–H and O–H groups in total. The topological polar surface area (TPSA) is 80.2 Å². The number of methoxy groups -OCH3 is 1. The highest BCUT2D eigenvalue weighted by Crippen LogP contribution is 2.51. The first-order chi connectivity index (χ1) is 13.0. The second-order valence-electron chi connectivity index (χ2n) is 7.80. The molecule has 7 nitrogen and oxygen atoms in total. The number of benzene rings is 1. The predicted octanol–water partition coefficient (Wildman–Crippen LogP) is -0.718. The molecule has 1 spiro atoms. The molecule has 4 aliphatic rings. The molecular weight excluding hydrogens is 353 g/mol. The Balaban J connectivity index is 1.69. The third kappa shape index (κ3) is 1.89. The fourth-order valence-corrected chi connectivity index (χ4v) is 5.89. The highest BCUT2D eigenvalue weighted by atomic mass is 19.1. The Morgan fingerprint density at radius 1 is 1.33 bits per heavy atom. The van der Waals surface area contributed by atoms with Crippen molar-refractivity contribution in [2.75, 3.05) is 32.1 Å². The van der Waals surface area contributed by atoms with Gasteiger partial charge >= 0.3 is 0 Å². The number of ether oxygens (including phenoxy) is 1. The second-order valence-corrected chi connectivity index (χ2v) is 7.80. The van der Waals surface area contributed by atoms with Crippen molar-refractivity contribution in [1.82, 2.24) is 4.90 Å². The van der Waals surface area contributed by atoms with Crippen LogP contribution in [0.25, 0.3) is 0 Å². The molecule has 3 amide bonds. The molecule has 0 saturated carbocycles. The van der Waals surface area contributed by atoms with Gasteiger partial charge in [0.15, 0.2) is 0 Å². The van der Waals surface area contributed by atoms with Gasteiger partial charge in [0.05, 0.1) is 25.4 Å². The Morgan fingerprint density at radius 2 is 2.15 bits per heavy atom. The van der Waals surface area contributed by atoms with Gasteiger partial charge in [-0.1, -0.05) is 0 Å². The summed E-state index contributed by atoms with van der Waals surface area (Å²) in [6.45, 7) is 1.12. The van der Waals surface area contributed by atoms with Gasteiger partial charge in [-0.2, -0.15) is 0 Å². The van der Waals surface area contributed by atoms with E-state index < -0.39 is 23.2 Å². The summed E-state index contributed by atoms with van der Waals surface area (Å²) in [5.41, 5.74) is -0.176. The van der Waals surface area contributed by atoms with Crippen LogP contribution in [0.4, 0.5) is 10.1 Å². The molecule has 1 aromatic carbocycles. The van der Waals surface area contributed by atoms with Crippen molar-refractivity contribution in [2.45, 2.75) is 24.4 Å². The number of rotatable bonds is 3. The van der Waals surface area contributed by atoms with E-state index in [4.69, 9.17) is 4.74 Å². The molecule has 142 valence electrons. The number of carbonyl (C=O) groups excluding carboxylic acids is 3. The number of nitrogens with zero attached hydrogens (tertiary/aromatic N) is 1. The molecule has 3 saturated heterocycles. The van der Waals surface area contributed by atoms with Crippen molar-refractivity contribution in [3.8, 4) is 0 Å². The van der Waals surface area contributed by atoms with Gasteiger partial charge < -0.3 is 15.0 Å². The molecule has 1 aromatic rings. The first kappa shape index (κ1) is 16.8. The lowest BCUT2D eigenvalue weighted by molar-refractivity contribution is -0.948. The molecule has 8 heteroatoms. The van der Waals surface area contributed by atoms with Crippen LogP contribution in [0.1, 0.15) is 18.4 Å². The van der Waals surface area contributed by atoms with Gasteiger partial charge in [0.1, 0.15) is 23.7 Å². The van der Waals surface area contributed by atoms with Gasteiger partial charge in [-0.3, -0.25) is 19.3 Å². The van der Waals surface area contributed by atoms with Crippen molar-refractivity contribution >= 4 is 23.4 Å². The van der Waals surface area contributed by atoms with Gasteiger partial charge in [-0.05, 0) is 18.2 Å². The number of fused-ring (bicyclic) bond motifs is 7.